The normalized spacial score (nSPS) is 10.4. The Balaban J connectivity index is 1.85. The van der Waals surface area contributed by atoms with Crippen LogP contribution in [0, 0.1) is 0 Å². The Morgan fingerprint density at radius 3 is 2.71 bits per heavy atom. The maximum Gasteiger partial charge on any atom is 0.251 e. The number of aliphatic hydroxyl groups is 1. The number of amides is 1. The molecule has 7 heteroatoms. The molecule has 112 valence electrons. The van der Waals surface area contributed by atoms with Gasteiger partial charge in [-0.15, -0.1) is 11.3 Å². The molecule has 0 saturated carbocycles. The zero-order valence-corrected chi connectivity index (χ0v) is 12.9. The largest absolute Gasteiger partial charge is 0.396 e. The third-order valence-electron chi connectivity index (χ3n) is 2.76. The summed E-state index contributed by atoms with van der Waals surface area (Å²) in [6.07, 6.45) is 2.30. The van der Waals surface area contributed by atoms with Gasteiger partial charge in [0.25, 0.3) is 5.91 Å². The van der Waals surface area contributed by atoms with E-state index in [1.54, 1.807) is 18.3 Å². The molecule has 0 bridgehead atoms. The van der Waals surface area contributed by atoms with Gasteiger partial charge in [0.2, 0.25) is 0 Å². The van der Waals surface area contributed by atoms with Crippen molar-refractivity contribution in [1.29, 1.82) is 0 Å². The number of nitrogens with one attached hydrogen (secondary N) is 2. The number of aliphatic hydroxyl groups excluding tert-OH is 1. The number of carbonyl (C=O) groups is 1. The fraction of sp³-hybridized carbons (Fsp3) is 0.286. The van der Waals surface area contributed by atoms with Crippen LogP contribution in [0.1, 0.15) is 21.7 Å². The zero-order chi connectivity index (χ0) is 15.1. The lowest BCUT2D eigenvalue weighted by molar-refractivity contribution is 0.0951. The monoisotopic (exact) mass is 325 g/mol. The first kappa shape index (κ1) is 15.8. The van der Waals surface area contributed by atoms with Gasteiger partial charge in [-0.05, 0) is 30.7 Å². The number of hydrogen-bond donors (Lipinski definition) is 3. The molecule has 0 fully saturated rings. The summed E-state index contributed by atoms with van der Waals surface area (Å²) in [6, 6.07) is 7.22. The van der Waals surface area contributed by atoms with Crippen LogP contribution >= 0.6 is 22.9 Å². The SMILES string of the molecule is O=C(NCCCO)c1ccc(NCc2cnc(Cl)s2)cc1. The van der Waals surface area contributed by atoms with Crippen molar-refractivity contribution in [3.63, 3.8) is 0 Å². The van der Waals surface area contributed by atoms with Crippen LogP contribution in [0.25, 0.3) is 0 Å². The van der Waals surface area contributed by atoms with Gasteiger partial charge >= 0.3 is 0 Å². The predicted octanol–water partition coefficient (Wildman–Crippen LogP) is 2.52. The van der Waals surface area contributed by atoms with E-state index in [1.807, 2.05) is 12.1 Å². The van der Waals surface area contributed by atoms with Crippen LogP contribution < -0.4 is 10.6 Å². The van der Waals surface area contributed by atoms with Crippen molar-refractivity contribution >= 4 is 34.5 Å². The number of rotatable bonds is 7. The number of hydrogen-bond acceptors (Lipinski definition) is 5. The van der Waals surface area contributed by atoms with Crippen molar-refractivity contribution in [2.45, 2.75) is 13.0 Å². The molecule has 0 spiro atoms. The van der Waals surface area contributed by atoms with Gasteiger partial charge in [-0.3, -0.25) is 4.79 Å². The number of carbonyl (C=O) groups excluding carboxylic acids is 1. The molecule has 3 N–H and O–H groups in total. The molecule has 0 radical (unpaired) electrons. The summed E-state index contributed by atoms with van der Waals surface area (Å²) in [4.78, 5) is 16.8. The first-order valence-electron chi connectivity index (χ1n) is 6.52. The van der Waals surface area contributed by atoms with Crippen LogP contribution in [0.2, 0.25) is 4.47 Å². The molecular weight excluding hydrogens is 310 g/mol. The molecule has 1 heterocycles. The van der Waals surface area contributed by atoms with Gasteiger partial charge in [-0.25, -0.2) is 4.98 Å². The third kappa shape index (κ3) is 5.00. The summed E-state index contributed by atoms with van der Waals surface area (Å²) in [5.41, 5.74) is 1.52. The Morgan fingerprint density at radius 2 is 2.10 bits per heavy atom. The number of nitrogens with zero attached hydrogens (tertiary/aromatic N) is 1. The Morgan fingerprint density at radius 1 is 1.33 bits per heavy atom. The maximum atomic E-state index is 11.8. The topological polar surface area (TPSA) is 74.2 Å². The molecule has 1 amide bonds. The minimum absolute atomic E-state index is 0.0741. The molecule has 1 aromatic carbocycles. The molecule has 2 aromatic rings. The smallest absolute Gasteiger partial charge is 0.251 e. The van der Waals surface area contributed by atoms with Crippen molar-refractivity contribution in [1.82, 2.24) is 10.3 Å². The summed E-state index contributed by atoms with van der Waals surface area (Å²) in [6.45, 7) is 1.19. The van der Waals surface area contributed by atoms with Gasteiger partial charge in [0.15, 0.2) is 4.47 Å². The second kappa shape index (κ2) is 7.97. The minimum Gasteiger partial charge on any atom is -0.396 e. The summed E-state index contributed by atoms with van der Waals surface area (Å²) in [5, 5.41) is 14.6. The van der Waals surface area contributed by atoms with E-state index < -0.39 is 0 Å². The van der Waals surface area contributed by atoms with Crippen molar-refractivity contribution in [2.24, 2.45) is 0 Å². The van der Waals surface area contributed by atoms with E-state index >= 15 is 0 Å². The van der Waals surface area contributed by atoms with Crippen molar-refractivity contribution in [2.75, 3.05) is 18.5 Å². The van der Waals surface area contributed by atoms with Crippen molar-refractivity contribution in [3.8, 4) is 0 Å². The highest BCUT2D eigenvalue weighted by Gasteiger charge is 2.05. The average molecular weight is 326 g/mol. The van der Waals surface area contributed by atoms with Crippen molar-refractivity contribution < 1.29 is 9.90 Å². The van der Waals surface area contributed by atoms with Crippen molar-refractivity contribution in [3.05, 3.63) is 45.4 Å². The molecule has 0 aliphatic rings. The van der Waals surface area contributed by atoms with Gasteiger partial charge < -0.3 is 15.7 Å². The average Bonchev–Trinajstić information content (AvgIpc) is 2.91. The quantitative estimate of drug-likeness (QED) is 0.684. The van der Waals surface area contributed by atoms with E-state index in [1.165, 1.54) is 11.3 Å². The summed E-state index contributed by atoms with van der Waals surface area (Å²) >= 11 is 7.20. The van der Waals surface area contributed by atoms with E-state index in [4.69, 9.17) is 16.7 Å². The van der Waals surface area contributed by atoms with E-state index in [-0.39, 0.29) is 12.5 Å². The fourth-order valence-corrected chi connectivity index (χ4v) is 2.59. The second-order valence-electron chi connectivity index (χ2n) is 4.34. The minimum atomic E-state index is -0.135. The molecule has 0 saturated heterocycles. The molecule has 2 rings (SSSR count). The fourth-order valence-electron chi connectivity index (χ4n) is 1.68. The van der Waals surface area contributed by atoms with E-state index in [0.717, 1.165) is 10.6 Å². The lowest BCUT2D eigenvalue weighted by Crippen LogP contribution is -2.24. The first-order chi connectivity index (χ1) is 10.2. The lowest BCUT2D eigenvalue weighted by atomic mass is 10.2. The Kier molecular flexibility index (Phi) is 5.98. The number of anilines is 1. The summed E-state index contributed by atoms with van der Waals surface area (Å²) < 4.78 is 0.529. The van der Waals surface area contributed by atoms with Crippen LogP contribution in [-0.2, 0) is 6.54 Å². The Labute approximate surface area is 132 Å². The molecule has 0 aliphatic heterocycles. The molecule has 0 atom stereocenters. The Hall–Kier alpha value is -1.63. The van der Waals surface area contributed by atoms with E-state index in [2.05, 4.69) is 15.6 Å². The first-order valence-corrected chi connectivity index (χ1v) is 7.71. The van der Waals surface area contributed by atoms with E-state index in [0.29, 0.717) is 29.5 Å². The maximum absolute atomic E-state index is 11.8. The second-order valence-corrected chi connectivity index (χ2v) is 6.04. The summed E-state index contributed by atoms with van der Waals surface area (Å²) in [5.74, 6) is -0.135. The van der Waals surface area contributed by atoms with Crippen LogP contribution in [0.15, 0.2) is 30.5 Å². The Bertz CT molecular complexity index is 586. The number of benzene rings is 1. The molecule has 5 nitrogen and oxygen atoms in total. The van der Waals surface area contributed by atoms with Gasteiger partial charge in [0.1, 0.15) is 0 Å². The zero-order valence-electron chi connectivity index (χ0n) is 11.3. The summed E-state index contributed by atoms with van der Waals surface area (Å²) in [7, 11) is 0. The molecular formula is C14H16ClN3O2S. The van der Waals surface area contributed by atoms with Gasteiger partial charge in [-0.2, -0.15) is 0 Å². The number of halogens is 1. The van der Waals surface area contributed by atoms with Gasteiger partial charge in [-0.1, -0.05) is 11.6 Å². The standard InChI is InChI=1S/C14H16ClN3O2S/c15-14-18-9-12(21-14)8-17-11-4-2-10(3-5-11)13(20)16-6-1-7-19/h2-5,9,17,19H,1,6-8H2,(H,16,20). The molecule has 0 aliphatic carbocycles. The number of aromatic nitrogens is 1. The lowest BCUT2D eigenvalue weighted by Gasteiger charge is -2.07. The van der Waals surface area contributed by atoms with Crippen LogP contribution in [0.5, 0.6) is 0 Å². The molecule has 21 heavy (non-hydrogen) atoms. The highest BCUT2D eigenvalue weighted by molar-refractivity contribution is 7.15. The highest BCUT2D eigenvalue weighted by Crippen LogP contribution is 2.19. The highest BCUT2D eigenvalue weighted by atomic mass is 35.5. The van der Waals surface area contributed by atoms with E-state index in [9.17, 15) is 4.79 Å². The van der Waals surface area contributed by atoms with Crippen LogP contribution in [0.3, 0.4) is 0 Å². The third-order valence-corrected chi connectivity index (χ3v) is 3.87. The van der Waals surface area contributed by atoms with Gasteiger partial charge in [0, 0.05) is 35.5 Å². The van der Waals surface area contributed by atoms with Crippen LogP contribution in [-0.4, -0.2) is 29.1 Å². The van der Waals surface area contributed by atoms with Gasteiger partial charge in [0.05, 0.1) is 6.54 Å². The number of thiazole rings is 1. The molecule has 0 unspecified atom stereocenters. The predicted molar refractivity (Wildman–Crippen MR) is 84.9 cm³/mol. The molecule has 1 aromatic heterocycles. The van der Waals surface area contributed by atoms with Crippen LogP contribution in [0.4, 0.5) is 5.69 Å².